The summed E-state index contributed by atoms with van der Waals surface area (Å²) in [6.45, 7) is 2.33. The normalized spacial score (nSPS) is 12.5. The lowest BCUT2D eigenvalue weighted by atomic mass is 9.96. The number of carbonyl (C=O) groups is 1. The second-order valence-corrected chi connectivity index (χ2v) is 4.23. The van der Waals surface area contributed by atoms with E-state index >= 15 is 0 Å². The predicted octanol–water partition coefficient (Wildman–Crippen LogP) is 3.16. The molecule has 0 spiro atoms. The molecule has 0 aliphatic carbocycles. The summed E-state index contributed by atoms with van der Waals surface area (Å²) in [5, 5.41) is 0.732. The Bertz CT molecular complexity index is 366. The third-order valence-electron chi connectivity index (χ3n) is 2.26. The van der Waals surface area contributed by atoms with E-state index in [1.165, 1.54) is 0 Å². The van der Waals surface area contributed by atoms with Crippen molar-refractivity contribution in [1.82, 2.24) is 0 Å². The first-order valence-electron chi connectivity index (χ1n) is 4.76. The second-order valence-electron chi connectivity index (χ2n) is 3.44. The lowest BCUT2D eigenvalue weighted by molar-refractivity contribution is 0.0925. The van der Waals surface area contributed by atoms with Crippen LogP contribution >= 0.6 is 23.2 Å². The molecule has 1 aromatic carbocycles. The van der Waals surface area contributed by atoms with Crippen molar-refractivity contribution >= 4 is 29.0 Å². The van der Waals surface area contributed by atoms with E-state index in [4.69, 9.17) is 28.9 Å². The fourth-order valence-electron chi connectivity index (χ4n) is 1.34. The summed E-state index contributed by atoms with van der Waals surface area (Å²) >= 11 is 11.8. The van der Waals surface area contributed by atoms with E-state index in [2.05, 4.69) is 0 Å². The SMILES string of the molecule is CC(CCN)C(=O)c1cccc(Cl)c1Cl. The molecule has 0 aromatic heterocycles. The predicted molar refractivity (Wildman–Crippen MR) is 63.6 cm³/mol. The maximum absolute atomic E-state index is 11.9. The number of halogens is 2. The zero-order valence-electron chi connectivity index (χ0n) is 8.47. The average molecular weight is 246 g/mol. The molecule has 4 heteroatoms. The van der Waals surface area contributed by atoms with Crippen LogP contribution in [-0.4, -0.2) is 12.3 Å². The molecule has 2 N–H and O–H groups in total. The van der Waals surface area contributed by atoms with E-state index in [0.29, 0.717) is 28.6 Å². The number of Topliss-reactive ketones (excluding diaryl/α,β-unsaturated/α-hetero) is 1. The summed E-state index contributed by atoms with van der Waals surface area (Å²) in [7, 11) is 0. The van der Waals surface area contributed by atoms with Crippen LogP contribution in [-0.2, 0) is 0 Å². The van der Waals surface area contributed by atoms with Crippen molar-refractivity contribution < 1.29 is 4.79 Å². The van der Waals surface area contributed by atoms with E-state index in [1.54, 1.807) is 18.2 Å². The molecule has 0 aliphatic heterocycles. The zero-order valence-corrected chi connectivity index (χ0v) is 9.98. The fourth-order valence-corrected chi connectivity index (χ4v) is 1.73. The van der Waals surface area contributed by atoms with Crippen LogP contribution in [0.25, 0.3) is 0 Å². The van der Waals surface area contributed by atoms with Crippen LogP contribution in [0, 0.1) is 5.92 Å². The third-order valence-corrected chi connectivity index (χ3v) is 3.08. The number of ketones is 1. The fraction of sp³-hybridized carbons (Fsp3) is 0.364. The molecular formula is C11H13Cl2NO. The van der Waals surface area contributed by atoms with Crippen LogP contribution < -0.4 is 5.73 Å². The maximum atomic E-state index is 11.9. The second kappa shape index (κ2) is 5.50. The lowest BCUT2D eigenvalue weighted by Crippen LogP contribution is -2.16. The highest BCUT2D eigenvalue weighted by Crippen LogP contribution is 2.27. The van der Waals surface area contributed by atoms with Gasteiger partial charge >= 0.3 is 0 Å². The van der Waals surface area contributed by atoms with Gasteiger partial charge in [-0.15, -0.1) is 0 Å². The summed E-state index contributed by atoms with van der Waals surface area (Å²) < 4.78 is 0. The van der Waals surface area contributed by atoms with Crippen molar-refractivity contribution in [2.45, 2.75) is 13.3 Å². The van der Waals surface area contributed by atoms with Crippen molar-refractivity contribution in [1.29, 1.82) is 0 Å². The molecule has 1 aromatic rings. The van der Waals surface area contributed by atoms with Crippen molar-refractivity contribution in [3.8, 4) is 0 Å². The van der Waals surface area contributed by atoms with Crippen LogP contribution in [0.4, 0.5) is 0 Å². The molecule has 82 valence electrons. The molecular weight excluding hydrogens is 233 g/mol. The van der Waals surface area contributed by atoms with Gasteiger partial charge in [0.05, 0.1) is 10.0 Å². The first-order valence-corrected chi connectivity index (χ1v) is 5.51. The minimum atomic E-state index is -0.119. The highest BCUT2D eigenvalue weighted by Gasteiger charge is 2.18. The van der Waals surface area contributed by atoms with Gasteiger partial charge in [-0.2, -0.15) is 0 Å². The van der Waals surface area contributed by atoms with Gasteiger partial charge in [0.1, 0.15) is 0 Å². The molecule has 0 aliphatic rings. The van der Waals surface area contributed by atoms with Gasteiger partial charge in [0.15, 0.2) is 5.78 Å². The molecule has 0 fully saturated rings. The van der Waals surface area contributed by atoms with Crippen molar-refractivity contribution in [2.75, 3.05) is 6.54 Å². The van der Waals surface area contributed by atoms with Gasteiger partial charge in [-0.3, -0.25) is 4.79 Å². The number of carbonyl (C=O) groups excluding carboxylic acids is 1. The van der Waals surface area contributed by atoms with Crippen LogP contribution in [0.1, 0.15) is 23.7 Å². The Kier molecular flexibility index (Phi) is 4.58. The van der Waals surface area contributed by atoms with Crippen molar-refractivity contribution in [3.63, 3.8) is 0 Å². The Morgan fingerprint density at radius 3 is 2.73 bits per heavy atom. The molecule has 0 saturated carbocycles. The number of rotatable bonds is 4. The molecule has 0 bridgehead atoms. The number of nitrogens with two attached hydrogens (primary N) is 1. The summed E-state index contributed by atoms with van der Waals surface area (Å²) in [6, 6.07) is 5.06. The average Bonchev–Trinajstić information content (AvgIpc) is 2.21. The van der Waals surface area contributed by atoms with Crippen LogP contribution in [0.5, 0.6) is 0 Å². The van der Waals surface area contributed by atoms with E-state index in [1.807, 2.05) is 6.92 Å². The molecule has 2 nitrogen and oxygen atoms in total. The van der Waals surface area contributed by atoms with Crippen LogP contribution in [0.2, 0.25) is 10.0 Å². The number of benzene rings is 1. The standard InChI is InChI=1S/C11H13Cl2NO/c1-7(5-6-14)11(15)8-3-2-4-9(12)10(8)13/h2-4,7H,5-6,14H2,1H3. The molecule has 1 unspecified atom stereocenters. The Hall–Kier alpha value is -0.570. The summed E-state index contributed by atoms with van der Waals surface area (Å²) in [4.78, 5) is 11.9. The van der Waals surface area contributed by atoms with Crippen LogP contribution in [0.3, 0.4) is 0 Å². The first-order chi connectivity index (χ1) is 7.07. The molecule has 1 rings (SSSR count). The summed E-state index contributed by atoms with van der Waals surface area (Å²) in [5.74, 6) is -0.126. The van der Waals surface area contributed by atoms with Crippen molar-refractivity contribution in [3.05, 3.63) is 33.8 Å². The van der Waals surface area contributed by atoms with Crippen LogP contribution in [0.15, 0.2) is 18.2 Å². The summed E-state index contributed by atoms with van der Waals surface area (Å²) in [5.41, 5.74) is 5.88. The smallest absolute Gasteiger partial charge is 0.167 e. The molecule has 0 saturated heterocycles. The van der Waals surface area contributed by atoms with Gasteiger partial charge < -0.3 is 5.73 Å². The maximum Gasteiger partial charge on any atom is 0.167 e. The zero-order chi connectivity index (χ0) is 11.4. The molecule has 15 heavy (non-hydrogen) atoms. The minimum Gasteiger partial charge on any atom is -0.330 e. The van der Waals surface area contributed by atoms with Crippen molar-refractivity contribution in [2.24, 2.45) is 11.7 Å². The first kappa shape index (κ1) is 12.5. The summed E-state index contributed by atoms with van der Waals surface area (Å²) in [6.07, 6.45) is 0.654. The molecule has 1 atom stereocenters. The number of hydrogen-bond acceptors (Lipinski definition) is 2. The topological polar surface area (TPSA) is 43.1 Å². The monoisotopic (exact) mass is 245 g/mol. The Morgan fingerprint density at radius 2 is 2.13 bits per heavy atom. The van der Waals surface area contributed by atoms with E-state index in [0.717, 1.165) is 0 Å². The third kappa shape index (κ3) is 2.94. The van der Waals surface area contributed by atoms with Gasteiger partial charge in [0.25, 0.3) is 0 Å². The quantitative estimate of drug-likeness (QED) is 0.829. The van der Waals surface area contributed by atoms with E-state index < -0.39 is 0 Å². The van der Waals surface area contributed by atoms with E-state index in [-0.39, 0.29) is 11.7 Å². The van der Waals surface area contributed by atoms with Gasteiger partial charge in [0, 0.05) is 11.5 Å². The Morgan fingerprint density at radius 1 is 1.47 bits per heavy atom. The van der Waals surface area contributed by atoms with Gasteiger partial charge in [-0.25, -0.2) is 0 Å². The van der Waals surface area contributed by atoms with Gasteiger partial charge in [0.2, 0.25) is 0 Å². The largest absolute Gasteiger partial charge is 0.330 e. The Balaban J connectivity index is 2.96. The molecule has 0 heterocycles. The lowest BCUT2D eigenvalue weighted by Gasteiger charge is -2.10. The molecule has 0 radical (unpaired) electrons. The van der Waals surface area contributed by atoms with E-state index in [9.17, 15) is 4.79 Å². The van der Waals surface area contributed by atoms with Gasteiger partial charge in [-0.05, 0) is 25.1 Å². The minimum absolute atomic E-state index is 0.00653. The highest BCUT2D eigenvalue weighted by molar-refractivity contribution is 6.43. The molecule has 0 amide bonds. The highest BCUT2D eigenvalue weighted by atomic mass is 35.5. The Labute approximate surface area is 99.4 Å². The number of hydrogen-bond donors (Lipinski definition) is 1. The van der Waals surface area contributed by atoms with Gasteiger partial charge in [-0.1, -0.05) is 36.2 Å².